The van der Waals surface area contributed by atoms with Gasteiger partial charge in [0.25, 0.3) is 0 Å². The Hall–Kier alpha value is -0.440. The van der Waals surface area contributed by atoms with Gasteiger partial charge in [-0.1, -0.05) is 13.8 Å². The monoisotopic (exact) mass is 218 g/mol. The molecule has 1 aliphatic rings. The van der Waals surface area contributed by atoms with Crippen molar-refractivity contribution in [3.8, 4) is 0 Å². The highest BCUT2D eigenvalue weighted by Gasteiger charge is 2.41. The molecular weight excluding hydrogens is 200 g/mol. The standard InChI is InChI=1S/C10H19ClN2O/c1-7(11)8-5-10(2,3)6-13(8)9(14)12-4/h7-8H,5-6H2,1-4H3,(H,12,14). The van der Waals surface area contributed by atoms with E-state index in [2.05, 4.69) is 19.2 Å². The van der Waals surface area contributed by atoms with E-state index in [1.165, 1.54) is 0 Å². The number of rotatable bonds is 1. The van der Waals surface area contributed by atoms with Gasteiger partial charge < -0.3 is 10.2 Å². The molecule has 0 spiro atoms. The molecule has 2 unspecified atom stereocenters. The summed E-state index contributed by atoms with van der Waals surface area (Å²) in [5.74, 6) is 0. The summed E-state index contributed by atoms with van der Waals surface area (Å²) in [5.41, 5.74) is 0.181. The summed E-state index contributed by atoms with van der Waals surface area (Å²) >= 11 is 6.09. The van der Waals surface area contributed by atoms with Gasteiger partial charge in [0.1, 0.15) is 0 Å². The second-order valence-electron chi connectivity index (χ2n) is 4.80. The minimum absolute atomic E-state index is 0.00840. The van der Waals surface area contributed by atoms with Crippen LogP contribution in [0.2, 0.25) is 0 Å². The van der Waals surface area contributed by atoms with Gasteiger partial charge in [-0.15, -0.1) is 11.6 Å². The van der Waals surface area contributed by atoms with Crippen molar-refractivity contribution in [1.82, 2.24) is 10.2 Å². The lowest BCUT2D eigenvalue weighted by atomic mass is 9.90. The van der Waals surface area contributed by atoms with Crippen LogP contribution in [0.4, 0.5) is 4.79 Å². The summed E-state index contributed by atoms with van der Waals surface area (Å²) < 4.78 is 0. The molecule has 0 saturated carbocycles. The van der Waals surface area contributed by atoms with Crippen molar-refractivity contribution in [3.63, 3.8) is 0 Å². The second-order valence-corrected chi connectivity index (χ2v) is 5.48. The first-order valence-corrected chi connectivity index (χ1v) is 5.43. The van der Waals surface area contributed by atoms with Crippen LogP contribution >= 0.6 is 11.6 Å². The number of carbonyl (C=O) groups excluding carboxylic acids is 1. The Morgan fingerprint density at radius 3 is 2.64 bits per heavy atom. The van der Waals surface area contributed by atoms with Crippen molar-refractivity contribution in [2.75, 3.05) is 13.6 Å². The van der Waals surface area contributed by atoms with Crippen molar-refractivity contribution in [2.45, 2.75) is 38.6 Å². The molecule has 2 atom stereocenters. The van der Waals surface area contributed by atoms with Crippen LogP contribution in [-0.4, -0.2) is 35.9 Å². The molecular formula is C10H19ClN2O. The third kappa shape index (κ3) is 2.32. The minimum Gasteiger partial charge on any atom is -0.341 e. The maximum absolute atomic E-state index is 11.6. The predicted molar refractivity (Wildman–Crippen MR) is 58.7 cm³/mol. The normalized spacial score (nSPS) is 27.5. The largest absolute Gasteiger partial charge is 0.341 e. The van der Waals surface area contributed by atoms with Gasteiger partial charge in [-0.05, 0) is 18.8 Å². The fourth-order valence-electron chi connectivity index (χ4n) is 2.10. The van der Waals surface area contributed by atoms with Crippen molar-refractivity contribution in [2.24, 2.45) is 5.41 Å². The SMILES string of the molecule is CNC(=O)N1CC(C)(C)CC1C(C)Cl. The number of amides is 2. The zero-order valence-electron chi connectivity index (χ0n) is 9.30. The van der Waals surface area contributed by atoms with Crippen LogP contribution in [-0.2, 0) is 0 Å². The van der Waals surface area contributed by atoms with Crippen LogP contribution in [0.3, 0.4) is 0 Å². The van der Waals surface area contributed by atoms with Crippen LogP contribution in [0.1, 0.15) is 27.2 Å². The van der Waals surface area contributed by atoms with E-state index >= 15 is 0 Å². The van der Waals surface area contributed by atoms with Crippen molar-refractivity contribution >= 4 is 17.6 Å². The van der Waals surface area contributed by atoms with E-state index in [0.717, 1.165) is 13.0 Å². The fourth-order valence-corrected chi connectivity index (χ4v) is 2.32. The maximum atomic E-state index is 11.6. The van der Waals surface area contributed by atoms with Gasteiger partial charge in [0, 0.05) is 13.6 Å². The summed E-state index contributed by atoms with van der Waals surface area (Å²) in [6.45, 7) is 7.07. The number of nitrogens with one attached hydrogen (secondary N) is 1. The Morgan fingerprint density at radius 1 is 1.64 bits per heavy atom. The summed E-state index contributed by atoms with van der Waals surface area (Å²) in [4.78, 5) is 13.4. The Labute approximate surface area is 90.8 Å². The quantitative estimate of drug-likeness (QED) is 0.672. The van der Waals surface area contributed by atoms with Crippen LogP contribution in [0, 0.1) is 5.41 Å². The average molecular weight is 219 g/mol. The van der Waals surface area contributed by atoms with Crippen molar-refractivity contribution in [3.05, 3.63) is 0 Å². The van der Waals surface area contributed by atoms with Crippen LogP contribution in [0.15, 0.2) is 0 Å². The molecule has 1 rings (SSSR count). The fraction of sp³-hybridized carbons (Fsp3) is 0.900. The third-order valence-corrected chi connectivity index (χ3v) is 3.06. The van der Waals surface area contributed by atoms with Gasteiger partial charge in [0.15, 0.2) is 0 Å². The Bertz CT molecular complexity index is 228. The smallest absolute Gasteiger partial charge is 0.317 e. The third-order valence-electron chi connectivity index (χ3n) is 2.77. The number of carbonyl (C=O) groups is 1. The zero-order valence-corrected chi connectivity index (χ0v) is 10.1. The van der Waals surface area contributed by atoms with E-state index in [9.17, 15) is 4.79 Å². The molecule has 0 aromatic rings. The topological polar surface area (TPSA) is 32.3 Å². The van der Waals surface area contributed by atoms with Gasteiger partial charge in [-0.3, -0.25) is 0 Å². The lowest BCUT2D eigenvalue weighted by Gasteiger charge is -2.25. The van der Waals surface area contributed by atoms with Crippen LogP contribution in [0.25, 0.3) is 0 Å². The van der Waals surface area contributed by atoms with Crippen LogP contribution < -0.4 is 5.32 Å². The van der Waals surface area contributed by atoms with Gasteiger partial charge in [-0.25, -0.2) is 4.79 Å². The second kappa shape index (κ2) is 3.97. The number of hydrogen-bond acceptors (Lipinski definition) is 1. The molecule has 3 nitrogen and oxygen atoms in total. The first kappa shape index (κ1) is 11.6. The molecule has 0 aliphatic carbocycles. The van der Waals surface area contributed by atoms with Crippen molar-refractivity contribution in [1.29, 1.82) is 0 Å². The summed E-state index contributed by atoms with van der Waals surface area (Å²) in [7, 11) is 1.66. The molecule has 1 saturated heterocycles. The number of likely N-dealkylation sites (tertiary alicyclic amines) is 1. The molecule has 0 bridgehead atoms. The zero-order chi connectivity index (χ0) is 10.9. The number of alkyl halides is 1. The van der Waals surface area contributed by atoms with E-state index in [1.54, 1.807) is 7.05 Å². The highest BCUT2D eigenvalue weighted by Crippen LogP contribution is 2.36. The molecule has 1 aliphatic heterocycles. The molecule has 0 aromatic heterocycles. The van der Waals surface area contributed by atoms with Crippen LogP contribution in [0.5, 0.6) is 0 Å². The Morgan fingerprint density at radius 2 is 2.21 bits per heavy atom. The van der Waals surface area contributed by atoms with Gasteiger partial charge >= 0.3 is 6.03 Å². The molecule has 0 radical (unpaired) electrons. The lowest BCUT2D eigenvalue weighted by Crippen LogP contribution is -2.44. The minimum atomic E-state index is -0.0203. The predicted octanol–water partition coefficient (Wildman–Crippen LogP) is 2.05. The van der Waals surface area contributed by atoms with E-state index in [1.807, 2.05) is 11.8 Å². The average Bonchev–Trinajstić information content (AvgIpc) is 2.40. The first-order valence-electron chi connectivity index (χ1n) is 5.00. The molecule has 2 amide bonds. The highest BCUT2D eigenvalue weighted by atomic mass is 35.5. The highest BCUT2D eigenvalue weighted by molar-refractivity contribution is 6.21. The number of urea groups is 1. The van der Waals surface area contributed by atoms with E-state index < -0.39 is 0 Å². The van der Waals surface area contributed by atoms with E-state index in [-0.39, 0.29) is 22.9 Å². The van der Waals surface area contributed by atoms with Gasteiger partial charge in [0.2, 0.25) is 0 Å². The van der Waals surface area contributed by atoms with E-state index in [0.29, 0.717) is 0 Å². The lowest BCUT2D eigenvalue weighted by molar-refractivity contribution is 0.191. The van der Waals surface area contributed by atoms with Crippen molar-refractivity contribution < 1.29 is 4.79 Å². The number of hydrogen-bond donors (Lipinski definition) is 1. The molecule has 1 heterocycles. The molecule has 82 valence electrons. The maximum Gasteiger partial charge on any atom is 0.317 e. The molecule has 14 heavy (non-hydrogen) atoms. The summed E-state index contributed by atoms with van der Waals surface area (Å²) in [6.07, 6.45) is 0.977. The summed E-state index contributed by atoms with van der Waals surface area (Å²) in [6, 6.07) is 0.139. The number of halogens is 1. The summed E-state index contributed by atoms with van der Waals surface area (Å²) in [5, 5.41) is 2.67. The van der Waals surface area contributed by atoms with E-state index in [4.69, 9.17) is 11.6 Å². The first-order chi connectivity index (χ1) is 6.37. The van der Waals surface area contributed by atoms with Gasteiger partial charge in [-0.2, -0.15) is 0 Å². The Balaban J connectivity index is 2.77. The van der Waals surface area contributed by atoms with Gasteiger partial charge in [0.05, 0.1) is 11.4 Å². The molecule has 0 aromatic carbocycles. The molecule has 1 fully saturated rings. The molecule has 4 heteroatoms. The number of nitrogens with zero attached hydrogens (tertiary/aromatic N) is 1. The molecule has 1 N–H and O–H groups in total. The Kier molecular flexibility index (Phi) is 3.30.